The number of fused-ring (bicyclic) bond motifs is 7. The molecule has 5 rings (SSSR count). The fraction of sp³-hybridized carbons (Fsp3) is 0.875. The second-order valence-electron chi connectivity index (χ2n) is 15.2. The standard InChI is InChI=1S/C32H50O3/c1-20-12-13-32(7)25(28(20,2)3)11-9-10-21-26(32)24(33)18-22-23-19-30(5,27(34)35-8)15-14-29(23,4)16-17-31(21,22)6/h18,20-21,23,25-26H,9-17,19H2,1-8H3/t20-,21-,23?,25?,26?,29+,30-,31-,32?/m0/s1. The molecule has 0 aliphatic heterocycles. The lowest BCUT2D eigenvalue weighted by atomic mass is 9.41. The second-order valence-corrected chi connectivity index (χ2v) is 15.2. The number of carbonyl (C=O) groups is 2. The molecule has 0 amide bonds. The Bertz CT molecular complexity index is 946. The largest absolute Gasteiger partial charge is 0.469 e. The summed E-state index contributed by atoms with van der Waals surface area (Å²) < 4.78 is 5.27. The topological polar surface area (TPSA) is 43.4 Å². The number of hydrogen-bond donors (Lipinski definition) is 0. The first-order valence-electron chi connectivity index (χ1n) is 14.6. The molecule has 9 atom stereocenters. The maximum atomic E-state index is 14.3. The SMILES string of the molecule is COC(=O)[C@@]1(C)CC[C@]2(C)CC[C@]3(C)C(=CC(=O)C4[C@@H]3CCCC3C4(C)CC[C@H](C)C3(C)C)C2C1. The van der Waals surface area contributed by atoms with E-state index in [2.05, 4.69) is 54.5 Å². The van der Waals surface area contributed by atoms with Crippen LogP contribution < -0.4 is 0 Å². The molecular weight excluding hydrogens is 432 g/mol. The Balaban J connectivity index is 1.58. The summed E-state index contributed by atoms with van der Waals surface area (Å²) in [6.45, 7) is 16.9. The summed E-state index contributed by atoms with van der Waals surface area (Å²) >= 11 is 0. The summed E-state index contributed by atoms with van der Waals surface area (Å²) in [6.07, 6.45) is 13.4. The van der Waals surface area contributed by atoms with Crippen molar-refractivity contribution in [3.05, 3.63) is 11.6 Å². The van der Waals surface area contributed by atoms with Crippen molar-refractivity contribution in [1.82, 2.24) is 0 Å². The van der Waals surface area contributed by atoms with E-state index in [-0.39, 0.29) is 33.5 Å². The highest BCUT2D eigenvalue weighted by atomic mass is 16.5. The van der Waals surface area contributed by atoms with Crippen molar-refractivity contribution in [3.63, 3.8) is 0 Å². The van der Waals surface area contributed by atoms with Crippen molar-refractivity contribution in [2.45, 2.75) is 113 Å². The van der Waals surface area contributed by atoms with Crippen LogP contribution in [0.15, 0.2) is 11.6 Å². The third kappa shape index (κ3) is 3.41. The highest BCUT2D eigenvalue weighted by Gasteiger charge is 2.64. The number of ether oxygens (including phenoxy) is 1. The Morgan fingerprint density at radius 3 is 2.31 bits per heavy atom. The van der Waals surface area contributed by atoms with E-state index < -0.39 is 5.41 Å². The summed E-state index contributed by atoms with van der Waals surface area (Å²) in [7, 11) is 1.52. The highest BCUT2D eigenvalue weighted by molar-refractivity contribution is 5.95. The van der Waals surface area contributed by atoms with Crippen LogP contribution in [0.3, 0.4) is 0 Å². The normalized spacial score (nSPS) is 51.0. The van der Waals surface area contributed by atoms with Crippen LogP contribution in [0.5, 0.6) is 0 Å². The van der Waals surface area contributed by atoms with Gasteiger partial charge in [-0.3, -0.25) is 9.59 Å². The number of carbonyl (C=O) groups excluding carboxylic acids is 2. The van der Waals surface area contributed by atoms with Crippen LogP contribution in [0.4, 0.5) is 0 Å². The minimum Gasteiger partial charge on any atom is -0.469 e. The monoisotopic (exact) mass is 482 g/mol. The smallest absolute Gasteiger partial charge is 0.311 e. The number of ketones is 1. The van der Waals surface area contributed by atoms with Gasteiger partial charge in [-0.2, -0.15) is 0 Å². The molecule has 5 aliphatic carbocycles. The van der Waals surface area contributed by atoms with Gasteiger partial charge in [0.05, 0.1) is 12.5 Å². The first kappa shape index (κ1) is 25.5. The zero-order valence-electron chi connectivity index (χ0n) is 23.8. The molecular formula is C32H50O3. The van der Waals surface area contributed by atoms with Crippen molar-refractivity contribution >= 4 is 11.8 Å². The summed E-state index contributed by atoms with van der Waals surface area (Å²) in [6, 6.07) is 0. The van der Waals surface area contributed by atoms with Crippen molar-refractivity contribution in [1.29, 1.82) is 0 Å². The molecule has 0 spiro atoms. The maximum absolute atomic E-state index is 14.3. The van der Waals surface area contributed by atoms with E-state index in [4.69, 9.17) is 4.74 Å². The quantitative estimate of drug-likeness (QED) is 0.358. The van der Waals surface area contributed by atoms with Crippen LogP contribution in [0.25, 0.3) is 0 Å². The zero-order valence-corrected chi connectivity index (χ0v) is 23.8. The Labute approximate surface area is 214 Å². The molecule has 3 heteroatoms. The van der Waals surface area contributed by atoms with Crippen molar-refractivity contribution in [2.24, 2.45) is 56.7 Å². The van der Waals surface area contributed by atoms with Gasteiger partial charge in [0.1, 0.15) is 0 Å². The van der Waals surface area contributed by atoms with Gasteiger partial charge in [0.2, 0.25) is 0 Å². The number of hydrogen-bond acceptors (Lipinski definition) is 3. The lowest BCUT2D eigenvalue weighted by Gasteiger charge is -2.63. The van der Waals surface area contributed by atoms with Crippen LogP contribution in [-0.4, -0.2) is 18.9 Å². The average Bonchev–Trinajstić information content (AvgIpc) is 2.97. The van der Waals surface area contributed by atoms with E-state index in [1.807, 2.05) is 0 Å². The fourth-order valence-electron chi connectivity index (χ4n) is 10.5. The molecule has 0 aromatic heterocycles. The fourth-order valence-corrected chi connectivity index (χ4v) is 10.5. The molecule has 35 heavy (non-hydrogen) atoms. The number of methoxy groups -OCH3 is 1. The lowest BCUT2D eigenvalue weighted by Crippen LogP contribution is -2.58. The minimum absolute atomic E-state index is 0.0717. The van der Waals surface area contributed by atoms with E-state index in [0.29, 0.717) is 29.5 Å². The van der Waals surface area contributed by atoms with E-state index in [1.54, 1.807) is 0 Å². The van der Waals surface area contributed by atoms with Gasteiger partial charge in [-0.15, -0.1) is 0 Å². The van der Waals surface area contributed by atoms with Gasteiger partial charge < -0.3 is 4.74 Å². The highest BCUT2D eigenvalue weighted by Crippen LogP contribution is 2.70. The molecule has 0 aromatic carbocycles. The number of allylic oxidation sites excluding steroid dienone is 2. The van der Waals surface area contributed by atoms with Gasteiger partial charge >= 0.3 is 5.97 Å². The molecule has 0 radical (unpaired) electrons. The van der Waals surface area contributed by atoms with E-state index in [0.717, 1.165) is 19.3 Å². The average molecular weight is 483 g/mol. The van der Waals surface area contributed by atoms with Crippen LogP contribution in [0.2, 0.25) is 0 Å². The number of esters is 1. The molecule has 5 aliphatic rings. The second kappa shape index (κ2) is 7.94. The van der Waals surface area contributed by atoms with Crippen LogP contribution in [0.1, 0.15) is 113 Å². The summed E-state index contributed by atoms with van der Waals surface area (Å²) in [4.78, 5) is 27.1. The molecule has 0 bridgehead atoms. The molecule has 196 valence electrons. The van der Waals surface area contributed by atoms with Gasteiger partial charge in [-0.1, -0.05) is 53.5 Å². The van der Waals surface area contributed by atoms with Gasteiger partial charge in [0.15, 0.2) is 5.78 Å². The third-order valence-electron chi connectivity index (χ3n) is 13.3. The van der Waals surface area contributed by atoms with E-state index in [9.17, 15) is 9.59 Å². The summed E-state index contributed by atoms with van der Waals surface area (Å²) in [5.41, 5.74) is 1.59. The Hall–Kier alpha value is -1.12. The van der Waals surface area contributed by atoms with Crippen molar-refractivity contribution < 1.29 is 14.3 Å². The van der Waals surface area contributed by atoms with E-state index >= 15 is 0 Å². The molecule has 0 heterocycles. The zero-order chi connectivity index (χ0) is 25.6. The molecule has 4 fully saturated rings. The van der Waals surface area contributed by atoms with Crippen molar-refractivity contribution in [3.8, 4) is 0 Å². The summed E-state index contributed by atoms with van der Waals surface area (Å²) in [5.74, 6) is 2.56. The summed E-state index contributed by atoms with van der Waals surface area (Å²) in [5, 5.41) is 0. The van der Waals surface area contributed by atoms with Gasteiger partial charge in [-0.05, 0) is 116 Å². The first-order chi connectivity index (χ1) is 16.2. The van der Waals surface area contributed by atoms with Gasteiger partial charge in [-0.25, -0.2) is 0 Å². The molecule has 3 nitrogen and oxygen atoms in total. The molecule has 0 saturated heterocycles. The predicted molar refractivity (Wildman–Crippen MR) is 141 cm³/mol. The minimum atomic E-state index is -0.442. The lowest BCUT2D eigenvalue weighted by molar-refractivity contribution is -0.159. The molecule has 0 N–H and O–H groups in total. The van der Waals surface area contributed by atoms with Crippen molar-refractivity contribution in [2.75, 3.05) is 7.11 Å². The van der Waals surface area contributed by atoms with Gasteiger partial charge in [0.25, 0.3) is 0 Å². The van der Waals surface area contributed by atoms with E-state index in [1.165, 1.54) is 57.6 Å². The Kier molecular flexibility index (Phi) is 5.79. The van der Waals surface area contributed by atoms with Crippen LogP contribution in [0, 0.1) is 56.7 Å². The Morgan fingerprint density at radius 1 is 0.943 bits per heavy atom. The van der Waals surface area contributed by atoms with Crippen LogP contribution >= 0.6 is 0 Å². The van der Waals surface area contributed by atoms with Crippen LogP contribution in [-0.2, 0) is 14.3 Å². The molecule has 4 unspecified atom stereocenters. The maximum Gasteiger partial charge on any atom is 0.311 e. The predicted octanol–water partition coefficient (Wildman–Crippen LogP) is 7.78. The number of rotatable bonds is 1. The third-order valence-corrected chi connectivity index (χ3v) is 13.3. The molecule has 4 saturated carbocycles. The first-order valence-corrected chi connectivity index (χ1v) is 14.6. The Morgan fingerprint density at radius 2 is 1.63 bits per heavy atom. The van der Waals surface area contributed by atoms with Gasteiger partial charge in [0, 0.05) is 5.92 Å². The molecule has 0 aromatic rings.